The quantitative estimate of drug-likeness (QED) is 0.788. The Balaban J connectivity index is 2.19. The molecule has 0 spiro atoms. The first kappa shape index (κ1) is 14.1. The van der Waals surface area contributed by atoms with Gasteiger partial charge in [0, 0.05) is 18.0 Å². The van der Waals surface area contributed by atoms with Crippen LogP contribution in [0.5, 0.6) is 11.5 Å². The molecule has 1 N–H and O–H groups in total. The van der Waals surface area contributed by atoms with Crippen molar-refractivity contribution in [2.75, 3.05) is 13.2 Å². The summed E-state index contributed by atoms with van der Waals surface area (Å²) in [5.74, 6) is 1.90. The standard InChI is InChI=1S/C15H18N2O3/c1-3-19-13-6-5-11(9-14(13)20-4-2)12(18)10-15-16-7-8-17-15/h5-9H,3-4,10H2,1-2H3,(H,16,17). The number of aromatic amines is 1. The Morgan fingerprint density at radius 3 is 2.60 bits per heavy atom. The summed E-state index contributed by atoms with van der Waals surface area (Å²) >= 11 is 0. The van der Waals surface area contributed by atoms with E-state index in [1.54, 1.807) is 30.6 Å². The minimum absolute atomic E-state index is 0.0102. The first-order valence-electron chi connectivity index (χ1n) is 6.65. The van der Waals surface area contributed by atoms with Gasteiger partial charge in [-0.25, -0.2) is 4.98 Å². The molecule has 0 saturated heterocycles. The number of benzene rings is 1. The van der Waals surface area contributed by atoms with Crippen molar-refractivity contribution in [3.63, 3.8) is 0 Å². The first-order chi connectivity index (χ1) is 9.74. The summed E-state index contributed by atoms with van der Waals surface area (Å²) in [6.07, 6.45) is 3.57. The molecule has 0 atom stereocenters. The van der Waals surface area contributed by atoms with Crippen LogP contribution in [-0.2, 0) is 6.42 Å². The van der Waals surface area contributed by atoms with Crippen LogP contribution in [0.3, 0.4) is 0 Å². The van der Waals surface area contributed by atoms with Gasteiger partial charge in [-0.15, -0.1) is 0 Å². The Kier molecular flexibility index (Phi) is 4.76. The smallest absolute Gasteiger partial charge is 0.170 e. The zero-order chi connectivity index (χ0) is 14.4. The molecule has 106 valence electrons. The lowest BCUT2D eigenvalue weighted by Gasteiger charge is -2.11. The summed E-state index contributed by atoms with van der Waals surface area (Å²) in [6.45, 7) is 4.88. The molecule has 0 aliphatic rings. The third kappa shape index (κ3) is 3.38. The molecule has 0 saturated carbocycles. The molecule has 1 aromatic heterocycles. The van der Waals surface area contributed by atoms with Crippen LogP contribution in [0.25, 0.3) is 0 Å². The zero-order valence-electron chi connectivity index (χ0n) is 11.7. The number of hydrogen-bond acceptors (Lipinski definition) is 4. The SMILES string of the molecule is CCOc1ccc(C(=O)Cc2ncc[nH]2)cc1OCC. The second kappa shape index (κ2) is 6.75. The lowest BCUT2D eigenvalue weighted by atomic mass is 10.1. The van der Waals surface area contributed by atoms with Gasteiger partial charge in [0.2, 0.25) is 0 Å². The summed E-state index contributed by atoms with van der Waals surface area (Å²) in [7, 11) is 0. The van der Waals surface area contributed by atoms with Gasteiger partial charge < -0.3 is 14.5 Å². The fourth-order valence-corrected chi connectivity index (χ4v) is 1.87. The van der Waals surface area contributed by atoms with E-state index in [9.17, 15) is 4.79 Å². The van der Waals surface area contributed by atoms with Crippen molar-refractivity contribution in [1.82, 2.24) is 9.97 Å². The van der Waals surface area contributed by atoms with Gasteiger partial charge in [-0.2, -0.15) is 0 Å². The van der Waals surface area contributed by atoms with Gasteiger partial charge >= 0.3 is 0 Å². The summed E-state index contributed by atoms with van der Waals surface area (Å²) in [5.41, 5.74) is 0.591. The first-order valence-corrected chi connectivity index (χ1v) is 6.65. The van der Waals surface area contributed by atoms with Gasteiger partial charge in [0.05, 0.1) is 19.6 Å². The summed E-state index contributed by atoms with van der Waals surface area (Å²) in [6, 6.07) is 5.24. The van der Waals surface area contributed by atoms with Crippen LogP contribution in [0.1, 0.15) is 30.0 Å². The Bertz CT molecular complexity index is 565. The van der Waals surface area contributed by atoms with Crippen LogP contribution < -0.4 is 9.47 Å². The van der Waals surface area contributed by atoms with E-state index in [0.717, 1.165) is 0 Å². The molecule has 2 aromatic rings. The second-order valence-electron chi connectivity index (χ2n) is 4.16. The predicted octanol–water partition coefficient (Wildman–Crippen LogP) is 2.63. The maximum atomic E-state index is 12.2. The number of Topliss-reactive ketones (excluding diaryl/α,β-unsaturated/α-hetero) is 1. The van der Waals surface area contributed by atoms with E-state index in [2.05, 4.69) is 9.97 Å². The van der Waals surface area contributed by atoms with Gasteiger partial charge in [0.1, 0.15) is 5.82 Å². The number of ketones is 1. The van der Waals surface area contributed by atoms with Crippen LogP contribution in [0.2, 0.25) is 0 Å². The maximum Gasteiger partial charge on any atom is 0.170 e. The number of imidazole rings is 1. The van der Waals surface area contributed by atoms with Crippen LogP contribution >= 0.6 is 0 Å². The van der Waals surface area contributed by atoms with E-state index >= 15 is 0 Å². The van der Waals surface area contributed by atoms with Gasteiger partial charge in [-0.1, -0.05) is 0 Å². The molecule has 0 aliphatic heterocycles. The van der Waals surface area contributed by atoms with E-state index in [-0.39, 0.29) is 12.2 Å². The van der Waals surface area contributed by atoms with Gasteiger partial charge in [0.15, 0.2) is 17.3 Å². The van der Waals surface area contributed by atoms with Crippen molar-refractivity contribution in [1.29, 1.82) is 0 Å². The minimum Gasteiger partial charge on any atom is -0.490 e. The van der Waals surface area contributed by atoms with Crippen molar-refractivity contribution < 1.29 is 14.3 Å². The van der Waals surface area contributed by atoms with Crippen molar-refractivity contribution >= 4 is 5.78 Å². The Labute approximate surface area is 117 Å². The Hall–Kier alpha value is -2.30. The van der Waals surface area contributed by atoms with Gasteiger partial charge in [0.25, 0.3) is 0 Å². The molecule has 0 amide bonds. The van der Waals surface area contributed by atoms with Crippen molar-refractivity contribution in [3.8, 4) is 11.5 Å². The number of nitrogens with zero attached hydrogens (tertiary/aromatic N) is 1. The number of nitrogens with one attached hydrogen (secondary N) is 1. The number of carbonyl (C=O) groups excluding carboxylic acids is 1. The van der Waals surface area contributed by atoms with Crippen LogP contribution in [0.15, 0.2) is 30.6 Å². The minimum atomic E-state index is -0.0102. The molecule has 0 radical (unpaired) electrons. The lowest BCUT2D eigenvalue weighted by Crippen LogP contribution is -2.06. The molecular weight excluding hydrogens is 256 g/mol. The summed E-state index contributed by atoms with van der Waals surface area (Å²) in [5, 5.41) is 0. The highest BCUT2D eigenvalue weighted by Crippen LogP contribution is 2.28. The van der Waals surface area contributed by atoms with Gasteiger partial charge in [-0.3, -0.25) is 4.79 Å². The number of carbonyl (C=O) groups is 1. The third-order valence-corrected chi connectivity index (χ3v) is 2.75. The highest BCUT2D eigenvalue weighted by Gasteiger charge is 2.13. The van der Waals surface area contributed by atoms with Crippen molar-refractivity contribution in [2.45, 2.75) is 20.3 Å². The fraction of sp³-hybridized carbons (Fsp3) is 0.333. The van der Waals surface area contributed by atoms with E-state index in [1.807, 2.05) is 13.8 Å². The number of ether oxygens (including phenoxy) is 2. The number of rotatable bonds is 7. The highest BCUT2D eigenvalue weighted by atomic mass is 16.5. The van der Waals surface area contributed by atoms with E-state index in [0.29, 0.717) is 36.1 Å². The van der Waals surface area contributed by atoms with Gasteiger partial charge in [-0.05, 0) is 32.0 Å². The zero-order valence-corrected chi connectivity index (χ0v) is 11.7. The third-order valence-electron chi connectivity index (χ3n) is 2.75. The normalized spacial score (nSPS) is 10.3. The summed E-state index contributed by atoms with van der Waals surface area (Å²) in [4.78, 5) is 19.2. The molecule has 0 unspecified atom stereocenters. The average molecular weight is 274 g/mol. The molecule has 5 nitrogen and oxygen atoms in total. The monoisotopic (exact) mass is 274 g/mol. The Morgan fingerprint density at radius 2 is 1.95 bits per heavy atom. The number of hydrogen-bond donors (Lipinski definition) is 1. The molecule has 1 heterocycles. The van der Waals surface area contributed by atoms with Crippen LogP contribution in [-0.4, -0.2) is 29.0 Å². The molecule has 2 rings (SSSR count). The maximum absolute atomic E-state index is 12.2. The molecule has 20 heavy (non-hydrogen) atoms. The van der Waals surface area contributed by atoms with Crippen LogP contribution in [0.4, 0.5) is 0 Å². The van der Waals surface area contributed by atoms with E-state index in [1.165, 1.54) is 0 Å². The molecule has 5 heteroatoms. The molecule has 0 fully saturated rings. The molecule has 1 aromatic carbocycles. The molecule has 0 bridgehead atoms. The van der Waals surface area contributed by atoms with E-state index < -0.39 is 0 Å². The van der Waals surface area contributed by atoms with Crippen molar-refractivity contribution in [3.05, 3.63) is 42.0 Å². The number of aromatic nitrogens is 2. The molecule has 0 aliphatic carbocycles. The average Bonchev–Trinajstić information content (AvgIpc) is 2.94. The van der Waals surface area contributed by atoms with Crippen LogP contribution in [0, 0.1) is 0 Å². The Morgan fingerprint density at radius 1 is 1.20 bits per heavy atom. The second-order valence-corrected chi connectivity index (χ2v) is 4.16. The predicted molar refractivity (Wildman–Crippen MR) is 75.4 cm³/mol. The topological polar surface area (TPSA) is 64.2 Å². The van der Waals surface area contributed by atoms with E-state index in [4.69, 9.17) is 9.47 Å². The summed E-state index contributed by atoms with van der Waals surface area (Å²) < 4.78 is 11.0. The number of H-pyrrole nitrogens is 1. The highest BCUT2D eigenvalue weighted by molar-refractivity contribution is 5.97. The fourth-order valence-electron chi connectivity index (χ4n) is 1.87. The van der Waals surface area contributed by atoms with Crippen molar-refractivity contribution in [2.24, 2.45) is 0 Å². The largest absolute Gasteiger partial charge is 0.490 e. The molecular formula is C15H18N2O3. The lowest BCUT2D eigenvalue weighted by molar-refractivity contribution is 0.0990.